The van der Waals surface area contributed by atoms with Gasteiger partial charge in [-0.15, -0.1) is 11.3 Å². The van der Waals surface area contributed by atoms with Crippen molar-refractivity contribution in [1.29, 1.82) is 0 Å². The molecule has 3 aromatic heterocycles. The van der Waals surface area contributed by atoms with E-state index in [1.165, 1.54) is 11.3 Å². The van der Waals surface area contributed by atoms with E-state index in [1.54, 1.807) is 17.4 Å². The van der Waals surface area contributed by atoms with Crippen molar-refractivity contribution in [2.24, 2.45) is 0 Å². The average Bonchev–Trinajstić information content (AvgIpc) is 3.16. The summed E-state index contributed by atoms with van der Waals surface area (Å²) < 4.78 is 10.6. The van der Waals surface area contributed by atoms with Crippen LogP contribution in [0.2, 0.25) is 0 Å². The number of carbonyl (C=O) groups is 1. The molecule has 3 aromatic rings. The van der Waals surface area contributed by atoms with Crippen LogP contribution in [0.3, 0.4) is 0 Å². The van der Waals surface area contributed by atoms with Gasteiger partial charge in [0, 0.05) is 15.8 Å². The number of nitrogens with zero attached hydrogens (tertiary/aromatic N) is 2. The van der Waals surface area contributed by atoms with Crippen molar-refractivity contribution in [3.63, 3.8) is 0 Å². The zero-order valence-electron chi connectivity index (χ0n) is 10.9. The van der Waals surface area contributed by atoms with E-state index in [1.807, 2.05) is 23.8 Å². The molecule has 0 aliphatic rings. The van der Waals surface area contributed by atoms with Gasteiger partial charge < -0.3 is 14.4 Å². The van der Waals surface area contributed by atoms with Crippen molar-refractivity contribution < 1.29 is 19.2 Å². The highest BCUT2D eigenvalue weighted by atomic mass is 32.1. The topological polar surface area (TPSA) is 85.5 Å². The number of carboxylic acid groups (broad SMARTS) is 1. The van der Waals surface area contributed by atoms with Gasteiger partial charge in [-0.05, 0) is 24.4 Å². The Morgan fingerprint density at radius 2 is 2.38 bits per heavy atom. The lowest BCUT2D eigenvalue weighted by Gasteiger charge is -2.01. The van der Waals surface area contributed by atoms with E-state index in [0.717, 1.165) is 10.4 Å². The molecule has 0 bridgehead atoms. The molecular formula is C13H10N2O4S2. The zero-order valence-corrected chi connectivity index (χ0v) is 12.5. The van der Waals surface area contributed by atoms with Crippen LogP contribution in [0.15, 0.2) is 27.4 Å². The number of ether oxygens (including phenoxy) is 1. The lowest BCUT2D eigenvalue weighted by Crippen LogP contribution is -2.00. The Kier molecular flexibility index (Phi) is 3.72. The zero-order chi connectivity index (χ0) is 14.8. The maximum atomic E-state index is 11.1. The van der Waals surface area contributed by atoms with Crippen LogP contribution >= 0.6 is 22.7 Å². The second-order valence-electron chi connectivity index (χ2n) is 4.17. The lowest BCUT2D eigenvalue weighted by molar-refractivity contribution is 0.0697. The molecule has 0 saturated heterocycles. The van der Waals surface area contributed by atoms with Gasteiger partial charge in [0.1, 0.15) is 5.75 Å². The second-order valence-corrected chi connectivity index (χ2v) is 6.20. The summed E-state index contributed by atoms with van der Waals surface area (Å²) in [6.07, 6.45) is 0. The van der Waals surface area contributed by atoms with Crippen molar-refractivity contribution in [3.8, 4) is 17.1 Å². The van der Waals surface area contributed by atoms with Crippen molar-refractivity contribution in [3.05, 3.63) is 38.5 Å². The number of thiophene rings is 2. The Morgan fingerprint density at radius 1 is 1.52 bits per heavy atom. The molecule has 0 aromatic carbocycles. The van der Waals surface area contributed by atoms with E-state index >= 15 is 0 Å². The van der Waals surface area contributed by atoms with Gasteiger partial charge in [-0.3, -0.25) is 0 Å². The van der Waals surface area contributed by atoms with E-state index in [2.05, 4.69) is 10.1 Å². The highest BCUT2D eigenvalue weighted by Crippen LogP contribution is 2.29. The number of hydrogen-bond acceptors (Lipinski definition) is 7. The summed E-state index contributed by atoms with van der Waals surface area (Å²) in [7, 11) is 0. The highest BCUT2D eigenvalue weighted by Gasteiger charge is 2.17. The Bertz CT molecular complexity index is 761. The van der Waals surface area contributed by atoms with Gasteiger partial charge in [0.15, 0.2) is 11.5 Å². The van der Waals surface area contributed by atoms with E-state index in [4.69, 9.17) is 14.4 Å². The van der Waals surface area contributed by atoms with Crippen LogP contribution in [0, 0.1) is 6.92 Å². The molecule has 6 nitrogen and oxygen atoms in total. The second kappa shape index (κ2) is 5.66. The Labute approximate surface area is 127 Å². The van der Waals surface area contributed by atoms with Crippen LogP contribution in [0.4, 0.5) is 0 Å². The van der Waals surface area contributed by atoms with E-state index < -0.39 is 5.97 Å². The summed E-state index contributed by atoms with van der Waals surface area (Å²) in [6.45, 7) is 1.86. The van der Waals surface area contributed by atoms with Gasteiger partial charge in [-0.25, -0.2) is 4.79 Å². The Balaban J connectivity index is 1.72. The fourth-order valence-electron chi connectivity index (χ4n) is 1.71. The molecule has 8 heteroatoms. The lowest BCUT2D eigenvalue weighted by atomic mass is 10.3. The summed E-state index contributed by atoms with van der Waals surface area (Å²) in [5, 5.41) is 16.8. The predicted molar refractivity (Wildman–Crippen MR) is 78.0 cm³/mol. The van der Waals surface area contributed by atoms with Gasteiger partial charge in [0.2, 0.25) is 5.82 Å². The minimum Gasteiger partial charge on any atom is -0.482 e. The molecule has 0 spiro atoms. The maximum absolute atomic E-state index is 11.1. The standard InChI is InChI=1S/C13H10N2O4S2/c1-7-4-9(11(21-7)13(16)17)18-5-10-14-12(15-19-10)8-2-3-20-6-8/h2-4,6H,5H2,1H3,(H,16,17). The molecule has 3 heterocycles. The fourth-order valence-corrected chi connectivity index (χ4v) is 3.14. The van der Waals surface area contributed by atoms with Crippen molar-refractivity contribution >= 4 is 28.6 Å². The number of aryl methyl sites for hydroxylation is 1. The van der Waals surface area contributed by atoms with Gasteiger partial charge in [-0.1, -0.05) is 5.16 Å². The van der Waals surface area contributed by atoms with Crippen LogP contribution in [-0.4, -0.2) is 21.2 Å². The first-order valence-corrected chi connectivity index (χ1v) is 7.71. The van der Waals surface area contributed by atoms with E-state index in [9.17, 15) is 4.79 Å². The molecule has 0 aliphatic carbocycles. The molecule has 0 saturated carbocycles. The molecule has 0 aliphatic heterocycles. The number of hydrogen-bond donors (Lipinski definition) is 1. The normalized spacial score (nSPS) is 10.7. The van der Waals surface area contributed by atoms with Crippen molar-refractivity contribution in [1.82, 2.24) is 10.1 Å². The molecule has 3 rings (SSSR count). The van der Waals surface area contributed by atoms with E-state index in [-0.39, 0.29) is 11.5 Å². The summed E-state index contributed by atoms with van der Waals surface area (Å²) >= 11 is 2.72. The third-order valence-corrected chi connectivity index (χ3v) is 4.32. The minimum absolute atomic E-state index is 0.0353. The largest absolute Gasteiger partial charge is 0.482 e. The van der Waals surface area contributed by atoms with Crippen LogP contribution in [0.1, 0.15) is 20.4 Å². The van der Waals surface area contributed by atoms with Gasteiger partial charge in [-0.2, -0.15) is 16.3 Å². The summed E-state index contributed by atoms with van der Waals surface area (Å²) in [6, 6.07) is 3.58. The molecule has 0 atom stereocenters. The first-order valence-electron chi connectivity index (χ1n) is 5.95. The molecule has 1 N–H and O–H groups in total. The fraction of sp³-hybridized carbons (Fsp3) is 0.154. The molecule has 0 unspecified atom stereocenters. The number of aromatic nitrogens is 2. The van der Waals surface area contributed by atoms with Crippen LogP contribution in [0.5, 0.6) is 5.75 Å². The van der Waals surface area contributed by atoms with Crippen LogP contribution in [-0.2, 0) is 6.61 Å². The van der Waals surface area contributed by atoms with Gasteiger partial charge in [0.05, 0.1) is 0 Å². The summed E-state index contributed by atoms with van der Waals surface area (Å²) in [4.78, 5) is 16.3. The number of rotatable bonds is 5. The quantitative estimate of drug-likeness (QED) is 0.774. The molecule has 21 heavy (non-hydrogen) atoms. The monoisotopic (exact) mass is 322 g/mol. The molecular weight excluding hydrogens is 312 g/mol. The maximum Gasteiger partial charge on any atom is 0.349 e. The van der Waals surface area contributed by atoms with E-state index in [0.29, 0.717) is 17.5 Å². The molecule has 0 fully saturated rings. The summed E-state index contributed by atoms with van der Waals surface area (Å²) in [5.74, 6) is 0.110. The van der Waals surface area contributed by atoms with Gasteiger partial charge in [0.25, 0.3) is 5.89 Å². The highest BCUT2D eigenvalue weighted by molar-refractivity contribution is 7.14. The Morgan fingerprint density at radius 3 is 3.10 bits per heavy atom. The van der Waals surface area contributed by atoms with Gasteiger partial charge >= 0.3 is 5.97 Å². The van der Waals surface area contributed by atoms with Crippen LogP contribution in [0.25, 0.3) is 11.4 Å². The SMILES string of the molecule is Cc1cc(OCc2nc(-c3ccsc3)no2)c(C(=O)O)s1. The first-order chi connectivity index (χ1) is 10.1. The van der Waals surface area contributed by atoms with Crippen molar-refractivity contribution in [2.75, 3.05) is 0 Å². The smallest absolute Gasteiger partial charge is 0.349 e. The summed E-state index contributed by atoms with van der Waals surface area (Å²) in [5.41, 5.74) is 0.882. The molecule has 0 radical (unpaired) electrons. The first kappa shape index (κ1) is 13.8. The van der Waals surface area contributed by atoms with Crippen LogP contribution < -0.4 is 4.74 Å². The third-order valence-electron chi connectivity index (χ3n) is 2.61. The third kappa shape index (κ3) is 2.96. The Hall–Kier alpha value is -2.19. The average molecular weight is 322 g/mol. The number of carboxylic acids is 1. The number of aromatic carboxylic acids is 1. The van der Waals surface area contributed by atoms with Crippen molar-refractivity contribution in [2.45, 2.75) is 13.5 Å². The molecule has 108 valence electrons. The predicted octanol–water partition coefficient (Wildman–Crippen LogP) is 3.45. The molecule has 0 amide bonds. The minimum atomic E-state index is -1.01.